The first-order valence-corrected chi connectivity index (χ1v) is 10.2. The van der Waals surface area contributed by atoms with E-state index >= 15 is 0 Å². The molecule has 31 heavy (non-hydrogen) atoms. The van der Waals surface area contributed by atoms with Crippen molar-refractivity contribution in [2.24, 2.45) is 0 Å². The topological polar surface area (TPSA) is 114 Å². The van der Waals surface area contributed by atoms with Crippen LogP contribution in [-0.4, -0.2) is 47.2 Å². The van der Waals surface area contributed by atoms with Gasteiger partial charge in [-0.3, -0.25) is 0 Å². The molecule has 1 saturated heterocycles. The molecule has 1 fully saturated rings. The summed E-state index contributed by atoms with van der Waals surface area (Å²) in [4.78, 5) is 6.58. The van der Waals surface area contributed by atoms with Crippen LogP contribution in [0.2, 0.25) is 0 Å². The Morgan fingerprint density at radius 2 is 1.90 bits per heavy atom. The van der Waals surface area contributed by atoms with E-state index in [1.165, 1.54) is 4.68 Å². The molecule has 2 heterocycles. The number of benzene rings is 2. The molecule has 4 rings (SSSR count). The molecule has 0 radical (unpaired) electrons. The highest BCUT2D eigenvalue weighted by molar-refractivity contribution is 5.68. The highest BCUT2D eigenvalue weighted by Gasteiger charge is 2.18. The third-order valence-electron chi connectivity index (χ3n) is 4.80. The predicted molar refractivity (Wildman–Crippen MR) is 119 cm³/mol. The van der Waals surface area contributed by atoms with Crippen molar-refractivity contribution in [3.05, 3.63) is 48.0 Å². The Balaban J connectivity index is 1.58. The summed E-state index contributed by atoms with van der Waals surface area (Å²) in [5, 5.41) is 16.6. The molecule has 1 aliphatic heterocycles. The van der Waals surface area contributed by atoms with Crippen LogP contribution in [-0.2, 0) is 4.74 Å². The molecule has 3 N–H and O–H groups in total. The van der Waals surface area contributed by atoms with Crippen molar-refractivity contribution in [3.63, 3.8) is 0 Å². The van der Waals surface area contributed by atoms with Gasteiger partial charge in [0.25, 0.3) is 0 Å². The summed E-state index contributed by atoms with van der Waals surface area (Å²) in [6, 6.07) is 15.0. The molecule has 1 aliphatic rings. The van der Waals surface area contributed by atoms with Gasteiger partial charge >= 0.3 is 0 Å². The van der Waals surface area contributed by atoms with Crippen LogP contribution in [0.4, 0.5) is 23.3 Å². The molecule has 0 unspecified atom stereocenters. The number of nitriles is 1. The van der Waals surface area contributed by atoms with Crippen LogP contribution in [0.15, 0.2) is 42.5 Å². The van der Waals surface area contributed by atoms with Gasteiger partial charge in [0.15, 0.2) is 0 Å². The maximum absolute atomic E-state index is 8.96. The molecule has 9 nitrogen and oxygen atoms in total. The molecule has 0 spiro atoms. The lowest BCUT2D eigenvalue weighted by Crippen LogP contribution is -2.36. The van der Waals surface area contributed by atoms with Gasteiger partial charge in [0.05, 0.1) is 42.3 Å². The van der Waals surface area contributed by atoms with Crippen LogP contribution >= 0.6 is 0 Å². The number of anilines is 4. The van der Waals surface area contributed by atoms with Gasteiger partial charge in [-0.05, 0) is 50.2 Å². The van der Waals surface area contributed by atoms with Crippen molar-refractivity contribution >= 4 is 23.3 Å². The summed E-state index contributed by atoms with van der Waals surface area (Å²) in [6.07, 6.45) is 0.0411. The number of morpholine rings is 1. The van der Waals surface area contributed by atoms with Gasteiger partial charge in [-0.1, -0.05) is 0 Å². The van der Waals surface area contributed by atoms with Crippen molar-refractivity contribution in [2.75, 3.05) is 42.3 Å². The van der Waals surface area contributed by atoms with Crippen LogP contribution in [0, 0.1) is 11.3 Å². The Hall–Kier alpha value is -3.77. The highest BCUT2D eigenvalue weighted by Crippen LogP contribution is 2.33. The summed E-state index contributed by atoms with van der Waals surface area (Å²) in [5.41, 5.74) is 9.19. The van der Waals surface area contributed by atoms with Crippen LogP contribution in [0.25, 0.3) is 5.69 Å². The summed E-state index contributed by atoms with van der Waals surface area (Å²) >= 11 is 0. The number of hydrogen-bond acceptors (Lipinski definition) is 8. The van der Waals surface area contributed by atoms with Crippen LogP contribution in [0.3, 0.4) is 0 Å². The molecule has 0 amide bonds. The molecule has 160 valence electrons. The fraction of sp³-hybridized carbons (Fsp3) is 0.318. The van der Waals surface area contributed by atoms with E-state index in [4.69, 9.17) is 20.5 Å². The van der Waals surface area contributed by atoms with E-state index in [1.54, 1.807) is 24.3 Å². The first-order valence-electron chi connectivity index (χ1n) is 10.2. The summed E-state index contributed by atoms with van der Waals surface area (Å²) in [7, 11) is 0. The zero-order valence-corrected chi connectivity index (χ0v) is 17.6. The van der Waals surface area contributed by atoms with Crippen molar-refractivity contribution in [1.82, 2.24) is 14.8 Å². The zero-order valence-electron chi connectivity index (χ0n) is 17.6. The Kier molecular flexibility index (Phi) is 5.91. The second-order valence-electron chi connectivity index (χ2n) is 7.44. The van der Waals surface area contributed by atoms with Crippen molar-refractivity contribution in [1.29, 1.82) is 5.26 Å². The van der Waals surface area contributed by atoms with E-state index in [1.807, 2.05) is 32.0 Å². The Labute approximate surface area is 181 Å². The molecule has 2 aromatic carbocycles. The molecule has 0 atom stereocenters. The largest absolute Gasteiger partial charge is 0.489 e. The minimum Gasteiger partial charge on any atom is -0.489 e. The average molecular weight is 419 g/mol. The number of nitrogens with two attached hydrogens (primary N) is 1. The van der Waals surface area contributed by atoms with Crippen molar-refractivity contribution in [3.8, 4) is 17.5 Å². The van der Waals surface area contributed by atoms with Gasteiger partial charge in [-0.15, -0.1) is 5.10 Å². The Bertz CT molecular complexity index is 1080. The monoisotopic (exact) mass is 419 g/mol. The van der Waals surface area contributed by atoms with Gasteiger partial charge in [0.2, 0.25) is 11.9 Å². The lowest BCUT2D eigenvalue weighted by molar-refractivity contribution is 0.122. The van der Waals surface area contributed by atoms with E-state index in [0.717, 1.165) is 35.9 Å². The molecule has 1 aromatic heterocycles. The minimum absolute atomic E-state index is 0.0411. The first-order chi connectivity index (χ1) is 15.0. The van der Waals surface area contributed by atoms with Gasteiger partial charge in [-0.25, -0.2) is 0 Å². The van der Waals surface area contributed by atoms with E-state index in [2.05, 4.69) is 26.4 Å². The molecule has 0 saturated carbocycles. The second-order valence-corrected chi connectivity index (χ2v) is 7.44. The van der Waals surface area contributed by atoms with Gasteiger partial charge in [-0.2, -0.15) is 14.9 Å². The molecule has 3 aromatic rings. The lowest BCUT2D eigenvalue weighted by atomic mass is 10.2. The molecule has 0 bridgehead atoms. The highest BCUT2D eigenvalue weighted by atomic mass is 16.5. The van der Waals surface area contributed by atoms with Crippen LogP contribution in [0.1, 0.15) is 19.4 Å². The lowest BCUT2D eigenvalue weighted by Gasteiger charge is -2.31. The second kappa shape index (κ2) is 8.93. The molecular weight excluding hydrogens is 394 g/mol. The van der Waals surface area contributed by atoms with Crippen LogP contribution < -0.4 is 20.7 Å². The maximum atomic E-state index is 8.96. The first kappa shape index (κ1) is 20.5. The Morgan fingerprint density at radius 3 is 2.58 bits per heavy atom. The number of rotatable bonds is 6. The number of hydrogen-bond donors (Lipinski definition) is 2. The molecular formula is C22H25N7O2. The van der Waals surface area contributed by atoms with E-state index in [-0.39, 0.29) is 12.1 Å². The number of nitrogens with one attached hydrogen (secondary N) is 1. The van der Waals surface area contributed by atoms with Gasteiger partial charge in [0, 0.05) is 24.8 Å². The zero-order chi connectivity index (χ0) is 21.8. The fourth-order valence-electron chi connectivity index (χ4n) is 3.38. The SMILES string of the molecule is CC(C)Oc1cc(Nc2nc(N)n(-c3ccc(C#N)cc3)n2)ccc1N1CCOCC1. The third-order valence-corrected chi connectivity index (χ3v) is 4.80. The fourth-order valence-corrected chi connectivity index (χ4v) is 3.38. The maximum Gasteiger partial charge on any atom is 0.248 e. The third kappa shape index (κ3) is 4.70. The van der Waals surface area contributed by atoms with Gasteiger partial charge < -0.3 is 25.4 Å². The normalized spacial score (nSPS) is 13.8. The molecule has 0 aliphatic carbocycles. The standard InChI is InChI=1S/C22H25N7O2/c1-15(2)31-20-13-17(5-8-19(20)28-9-11-30-12-10-28)25-22-26-21(24)29(27-22)18-6-3-16(14-23)4-7-18/h3-8,13,15H,9-12H2,1-2H3,(H3,24,25,26,27). The van der Waals surface area contributed by atoms with Crippen molar-refractivity contribution < 1.29 is 9.47 Å². The number of nitrogens with zero attached hydrogens (tertiary/aromatic N) is 5. The number of nitrogen functional groups attached to an aromatic ring is 1. The number of aromatic nitrogens is 3. The van der Waals surface area contributed by atoms with E-state index in [0.29, 0.717) is 24.7 Å². The quantitative estimate of drug-likeness (QED) is 0.626. The predicted octanol–water partition coefficient (Wildman–Crippen LogP) is 3.09. The van der Waals surface area contributed by atoms with Crippen molar-refractivity contribution in [2.45, 2.75) is 20.0 Å². The summed E-state index contributed by atoms with van der Waals surface area (Å²) in [5.74, 6) is 1.41. The van der Waals surface area contributed by atoms with Gasteiger partial charge in [0.1, 0.15) is 5.75 Å². The van der Waals surface area contributed by atoms with E-state index < -0.39 is 0 Å². The number of ether oxygens (including phenoxy) is 2. The Morgan fingerprint density at radius 1 is 1.16 bits per heavy atom. The average Bonchev–Trinajstić information content (AvgIpc) is 3.14. The van der Waals surface area contributed by atoms with Crippen LogP contribution in [0.5, 0.6) is 5.75 Å². The van der Waals surface area contributed by atoms with E-state index in [9.17, 15) is 0 Å². The minimum atomic E-state index is 0.0411. The summed E-state index contributed by atoms with van der Waals surface area (Å²) in [6.45, 7) is 7.08. The molecule has 9 heteroatoms. The summed E-state index contributed by atoms with van der Waals surface area (Å²) < 4.78 is 13.1. The smallest absolute Gasteiger partial charge is 0.248 e.